The molecule has 0 saturated heterocycles. The van der Waals surface area contributed by atoms with E-state index >= 15 is 0 Å². The zero-order valence-electron chi connectivity index (χ0n) is 6.22. The molecule has 68 valence electrons. The van der Waals surface area contributed by atoms with E-state index in [2.05, 4.69) is 0 Å². The van der Waals surface area contributed by atoms with E-state index in [9.17, 15) is 0 Å². The summed E-state index contributed by atoms with van der Waals surface area (Å²) in [5, 5.41) is 35.1. The van der Waals surface area contributed by atoms with Gasteiger partial charge in [-0.1, -0.05) is 0 Å². The first-order valence-corrected chi connectivity index (χ1v) is 3.47. The van der Waals surface area contributed by atoms with Gasteiger partial charge in [-0.2, -0.15) is 0 Å². The van der Waals surface area contributed by atoms with E-state index in [4.69, 9.17) is 26.2 Å². The summed E-state index contributed by atoms with van der Waals surface area (Å²) >= 11 is 0. The van der Waals surface area contributed by atoms with E-state index in [-0.39, 0.29) is 13.0 Å². The van der Waals surface area contributed by atoms with Crippen molar-refractivity contribution in [3.63, 3.8) is 0 Å². The Bertz CT molecular complexity index is 101. The van der Waals surface area contributed by atoms with E-state index in [1.165, 1.54) is 0 Å². The number of rotatable bonds is 5. The first-order valence-electron chi connectivity index (χ1n) is 3.47. The molecule has 0 amide bonds. The van der Waals surface area contributed by atoms with Crippen LogP contribution in [0.2, 0.25) is 0 Å². The lowest BCUT2D eigenvalue weighted by Crippen LogP contribution is -2.35. The Hall–Kier alpha value is -0.200. The van der Waals surface area contributed by atoms with Crippen LogP contribution in [0.15, 0.2) is 0 Å². The summed E-state index contributed by atoms with van der Waals surface area (Å²) in [6.45, 7) is -0.479. The smallest absolute Gasteiger partial charge is 0.103 e. The van der Waals surface area contributed by atoms with Crippen molar-refractivity contribution in [1.82, 2.24) is 0 Å². The van der Waals surface area contributed by atoms with Gasteiger partial charge in [0.2, 0.25) is 0 Å². The molecule has 0 saturated carbocycles. The van der Waals surface area contributed by atoms with Crippen molar-refractivity contribution < 1.29 is 20.4 Å². The largest absolute Gasteiger partial charge is 0.394 e. The van der Waals surface area contributed by atoms with Gasteiger partial charge in [-0.25, -0.2) is 0 Å². The Kier molecular flexibility index (Phi) is 5.35. The van der Waals surface area contributed by atoms with Gasteiger partial charge in [0.05, 0.1) is 18.8 Å². The fourth-order valence-corrected chi connectivity index (χ4v) is 0.654. The van der Waals surface area contributed by atoms with Crippen molar-refractivity contribution in [2.24, 2.45) is 5.73 Å². The van der Waals surface area contributed by atoms with Crippen LogP contribution in [0.1, 0.15) is 6.42 Å². The summed E-state index contributed by atoms with van der Waals surface area (Å²) in [6, 6.07) is 0. The van der Waals surface area contributed by atoms with E-state index in [1.54, 1.807) is 0 Å². The number of hydrogen-bond acceptors (Lipinski definition) is 5. The predicted octanol–water partition coefficient (Wildman–Crippen LogP) is -2.59. The molecule has 0 aliphatic heterocycles. The van der Waals surface area contributed by atoms with Crippen molar-refractivity contribution in [2.45, 2.75) is 24.7 Å². The van der Waals surface area contributed by atoms with Gasteiger partial charge < -0.3 is 26.2 Å². The minimum atomic E-state index is -1.20. The molecular weight excluding hydrogens is 150 g/mol. The maximum atomic E-state index is 8.99. The van der Waals surface area contributed by atoms with Gasteiger partial charge >= 0.3 is 0 Å². The minimum Gasteiger partial charge on any atom is -0.394 e. The normalized spacial score (nSPS) is 19.4. The third-order valence-electron chi connectivity index (χ3n) is 1.42. The van der Waals surface area contributed by atoms with Crippen LogP contribution in [0.5, 0.6) is 0 Å². The first-order chi connectivity index (χ1) is 5.11. The Morgan fingerprint density at radius 2 is 1.64 bits per heavy atom. The highest BCUT2D eigenvalue weighted by Crippen LogP contribution is 2.01. The molecule has 0 aromatic carbocycles. The quantitative estimate of drug-likeness (QED) is 0.307. The van der Waals surface area contributed by atoms with E-state index in [0.717, 1.165) is 0 Å². The molecule has 5 heteroatoms. The van der Waals surface area contributed by atoms with Gasteiger partial charge in [-0.05, 0) is 0 Å². The predicted molar refractivity (Wildman–Crippen MR) is 38.8 cm³/mol. The highest BCUT2D eigenvalue weighted by atomic mass is 16.4. The second-order valence-electron chi connectivity index (χ2n) is 2.44. The number of nitrogens with two attached hydrogens (primary N) is 1. The molecule has 0 aromatic rings. The summed E-state index contributed by atoms with van der Waals surface area (Å²) in [5.41, 5.74) is 5.06. The van der Waals surface area contributed by atoms with Gasteiger partial charge in [-0.15, -0.1) is 0 Å². The number of aliphatic hydroxyl groups excluding tert-OH is 4. The maximum absolute atomic E-state index is 8.99. The molecule has 0 rings (SSSR count). The zero-order chi connectivity index (χ0) is 8.85. The highest BCUT2D eigenvalue weighted by Gasteiger charge is 2.17. The lowest BCUT2D eigenvalue weighted by Gasteiger charge is -2.17. The van der Waals surface area contributed by atoms with Crippen molar-refractivity contribution >= 4 is 0 Å². The van der Waals surface area contributed by atoms with Crippen LogP contribution in [0, 0.1) is 0 Å². The lowest BCUT2D eigenvalue weighted by atomic mass is 10.1. The van der Waals surface area contributed by atoms with Crippen LogP contribution in [0.4, 0.5) is 0 Å². The first kappa shape index (κ1) is 10.8. The van der Waals surface area contributed by atoms with Gasteiger partial charge in [0, 0.05) is 13.0 Å². The average molecular weight is 165 g/mol. The monoisotopic (exact) mass is 165 g/mol. The van der Waals surface area contributed by atoms with Crippen molar-refractivity contribution in [1.29, 1.82) is 0 Å². The summed E-state index contributed by atoms with van der Waals surface area (Å²) in [4.78, 5) is 0. The molecule has 3 unspecified atom stereocenters. The number of hydrogen-bond donors (Lipinski definition) is 5. The highest BCUT2D eigenvalue weighted by molar-refractivity contribution is 4.70. The molecule has 11 heavy (non-hydrogen) atoms. The van der Waals surface area contributed by atoms with Crippen LogP contribution < -0.4 is 5.73 Å². The molecule has 6 N–H and O–H groups in total. The molecule has 0 aromatic heterocycles. The van der Waals surface area contributed by atoms with Gasteiger partial charge in [0.1, 0.15) is 6.10 Å². The molecule has 0 aliphatic carbocycles. The molecule has 0 bridgehead atoms. The summed E-state index contributed by atoms with van der Waals surface area (Å²) in [5.74, 6) is 0. The fourth-order valence-electron chi connectivity index (χ4n) is 0.654. The SMILES string of the molecule is NCC(O)CC(O)C(O)CO. The van der Waals surface area contributed by atoms with Crippen LogP contribution in [-0.2, 0) is 0 Å². The van der Waals surface area contributed by atoms with Crippen LogP contribution in [-0.4, -0.2) is 51.9 Å². The maximum Gasteiger partial charge on any atom is 0.103 e. The van der Waals surface area contributed by atoms with E-state index < -0.39 is 24.9 Å². The second kappa shape index (κ2) is 5.45. The second-order valence-corrected chi connectivity index (χ2v) is 2.44. The van der Waals surface area contributed by atoms with Crippen molar-refractivity contribution in [2.75, 3.05) is 13.2 Å². The molecule has 0 spiro atoms. The summed E-state index contributed by atoms with van der Waals surface area (Å²) < 4.78 is 0. The third-order valence-corrected chi connectivity index (χ3v) is 1.42. The summed E-state index contributed by atoms with van der Waals surface area (Å²) in [6.07, 6.45) is -3.15. The molecule has 3 atom stereocenters. The molecule has 0 radical (unpaired) electrons. The van der Waals surface area contributed by atoms with Crippen molar-refractivity contribution in [3.05, 3.63) is 0 Å². The van der Waals surface area contributed by atoms with Crippen LogP contribution in [0.25, 0.3) is 0 Å². The van der Waals surface area contributed by atoms with Crippen LogP contribution >= 0.6 is 0 Å². The Morgan fingerprint density at radius 3 is 2.00 bits per heavy atom. The molecule has 0 heterocycles. The number of aliphatic hydroxyl groups is 4. The lowest BCUT2D eigenvalue weighted by molar-refractivity contribution is -0.0350. The molecule has 0 fully saturated rings. The molecule has 0 aliphatic rings. The van der Waals surface area contributed by atoms with Gasteiger partial charge in [0.25, 0.3) is 0 Å². The molecule has 5 nitrogen and oxygen atoms in total. The summed E-state index contributed by atoms with van der Waals surface area (Å²) in [7, 11) is 0. The minimum absolute atomic E-state index is 0.0156. The topological polar surface area (TPSA) is 107 Å². The third kappa shape index (κ3) is 4.28. The zero-order valence-corrected chi connectivity index (χ0v) is 6.22. The fraction of sp³-hybridized carbons (Fsp3) is 1.00. The van der Waals surface area contributed by atoms with Gasteiger partial charge in [0.15, 0.2) is 0 Å². The Balaban J connectivity index is 3.58. The van der Waals surface area contributed by atoms with Gasteiger partial charge in [-0.3, -0.25) is 0 Å². The molecular formula is C6H15NO4. The van der Waals surface area contributed by atoms with E-state index in [1.807, 2.05) is 0 Å². The standard InChI is InChI=1S/C6H15NO4/c7-2-4(9)1-5(10)6(11)3-8/h4-6,8-11H,1-3,7H2. The van der Waals surface area contributed by atoms with E-state index in [0.29, 0.717) is 0 Å². The Labute approximate surface area is 65.1 Å². The Morgan fingerprint density at radius 1 is 1.09 bits per heavy atom. The average Bonchev–Trinajstić information content (AvgIpc) is 2.02. The van der Waals surface area contributed by atoms with Crippen molar-refractivity contribution in [3.8, 4) is 0 Å². The van der Waals surface area contributed by atoms with Crippen LogP contribution in [0.3, 0.4) is 0 Å².